The van der Waals surface area contributed by atoms with Crippen LogP contribution in [0.25, 0.3) is 11.3 Å². The Morgan fingerprint density at radius 2 is 2.15 bits per heavy atom. The molecule has 20 heavy (non-hydrogen) atoms. The first-order valence-corrected chi connectivity index (χ1v) is 6.66. The van der Waals surface area contributed by atoms with Gasteiger partial charge in [0, 0.05) is 12.3 Å². The summed E-state index contributed by atoms with van der Waals surface area (Å²) in [5.41, 5.74) is 7.46. The molecule has 2 aromatic rings. The van der Waals surface area contributed by atoms with E-state index in [2.05, 4.69) is 12.0 Å². The summed E-state index contributed by atoms with van der Waals surface area (Å²) in [5.74, 6) is 0.646. The molecule has 0 spiro atoms. The molecule has 1 aliphatic carbocycles. The van der Waals surface area contributed by atoms with Crippen LogP contribution < -0.4 is 5.73 Å². The molecule has 6 nitrogen and oxygen atoms in total. The van der Waals surface area contributed by atoms with E-state index in [-0.39, 0.29) is 11.7 Å². The average Bonchev–Trinajstić information content (AvgIpc) is 3.21. The van der Waals surface area contributed by atoms with E-state index < -0.39 is 4.92 Å². The van der Waals surface area contributed by atoms with Crippen LogP contribution >= 0.6 is 0 Å². The maximum Gasteiger partial charge on any atom is 0.278 e. The van der Waals surface area contributed by atoms with Crippen LogP contribution in [0.1, 0.15) is 25.8 Å². The molecule has 0 aliphatic heterocycles. The predicted molar refractivity (Wildman–Crippen MR) is 76.2 cm³/mol. The zero-order valence-corrected chi connectivity index (χ0v) is 11.2. The Labute approximate surface area is 116 Å². The van der Waals surface area contributed by atoms with Gasteiger partial charge < -0.3 is 5.73 Å². The van der Waals surface area contributed by atoms with E-state index in [4.69, 9.17) is 5.73 Å². The Hall–Kier alpha value is -2.37. The van der Waals surface area contributed by atoms with Crippen molar-refractivity contribution in [3.63, 3.8) is 0 Å². The lowest BCUT2D eigenvalue weighted by molar-refractivity contribution is -0.384. The van der Waals surface area contributed by atoms with Gasteiger partial charge in [-0.2, -0.15) is 5.10 Å². The van der Waals surface area contributed by atoms with Crippen molar-refractivity contribution in [2.75, 3.05) is 5.73 Å². The molecule has 3 rings (SSSR count). The first-order chi connectivity index (χ1) is 9.58. The topological polar surface area (TPSA) is 87.0 Å². The standard InChI is InChI=1S/C14H16N4O2/c1-9(10-6-7-10)17-8-12(15)14(16-17)11-4-2-3-5-13(11)18(19)20/h2-5,8-10H,6-7,15H2,1H3. The summed E-state index contributed by atoms with van der Waals surface area (Å²) in [6, 6.07) is 6.84. The minimum absolute atomic E-state index is 0.0310. The monoisotopic (exact) mass is 272 g/mol. The molecule has 1 unspecified atom stereocenters. The van der Waals surface area contributed by atoms with Crippen LogP contribution in [0, 0.1) is 16.0 Å². The van der Waals surface area contributed by atoms with Gasteiger partial charge in [-0.1, -0.05) is 12.1 Å². The van der Waals surface area contributed by atoms with E-state index in [1.165, 1.54) is 18.9 Å². The first kappa shape index (κ1) is 12.7. The number of para-hydroxylation sites is 1. The normalized spacial score (nSPS) is 16.1. The SMILES string of the molecule is CC(C1CC1)n1cc(N)c(-c2ccccc2[N+](=O)[O-])n1. The van der Waals surface area contributed by atoms with E-state index in [0.717, 1.165) is 0 Å². The highest BCUT2D eigenvalue weighted by Gasteiger charge is 2.30. The minimum atomic E-state index is -0.405. The van der Waals surface area contributed by atoms with Crippen LogP contribution in [0.3, 0.4) is 0 Å². The quantitative estimate of drug-likeness (QED) is 0.684. The first-order valence-electron chi connectivity index (χ1n) is 6.66. The van der Waals surface area contributed by atoms with Crippen LogP contribution in [-0.2, 0) is 0 Å². The summed E-state index contributed by atoms with van der Waals surface area (Å²) in [6.45, 7) is 2.10. The molecule has 1 aliphatic rings. The second kappa shape index (κ2) is 4.63. The van der Waals surface area contributed by atoms with Crippen molar-refractivity contribution in [1.82, 2.24) is 9.78 Å². The van der Waals surface area contributed by atoms with Crippen molar-refractivity contribution in [2.45, 2.75) is 25.8 Å². The third kappa shape index (κ3) is 2.13. The number of rotatable bonds is 4. The van der Waals surface area contributed by atoms with E-state index in [1.54, 1.807) is 24.4 Å². The molecule has 104 valence electrons. The zero-order chi connectivity index (χ0) is 14.3. The van der Waals surface area contributed by atoms with Crippen LogP contribution in [0.15, 0.2) is 30.5 Å². The fourth-order valence-electron chi connectivity index (χ4n) is 2.45. The molecule has 1 heterocycles. The summed E-state index contributed by atoms with van der Waals surface area (Å²) >= 11 is 0. The maximum absolute atomic E-state index is 11.1. The molecule has 0 radical (unpaired) electrons. The smallest absolute Gasteiger partial charge is 0.278 e. The summed E-state index contributed by atoms with van der Waals surface area (Å²) in [7, 11) is 0. The third-order valence-electron chi connectivity index (χ3n) is 3.84. The van der Waals surface area contributed by atoms with Crippen LogP contribution in [0.2, 0.25) is 0 Å². The maximum atomic E-state index is 11.1. The summed E-state index contributed by atoms with van der Waals surface area (Å²) < 4.78 is 1.83. The number of anilines is 1. The summed E-state index contributed by atoms with van der Waals surface area (Å²) in [6.07, 6.45) is 4.19. The Morgan fingerprint density at radius 3 is 2.80 bits per heavy atom. The van der Waals surface area contributed by atoms with Crippen LogP contribution in [-0.4, -0.2) is 14.7 Å². The van der Waals surface area contributed by atoms with Gasteiger partial charge in [0.2, 0.25) is 0 Å². The number of nitro groups is 1. The second-order valence-corrected chi connectivity index (χ2v) is 5.27. The Bertz CT molecular complexity index is 661. The van der Waals surface area contributed by atoms with E-state index in [9.17, 15) is 10.1 Å². The van der Waals surface area contributed by atoms with Gasteiger partial charge in [-0.05, 0) is 31.7 Å². The van der Waals surface area contributed by atoms with Gasteiger partial charge in [-0.15, -0.1) is 0 Å². The highest BCUT2D eigenvalue weighted by Crippen LogP contribution is 2.40. The largest absolute Gasteiger partial charge is 0.396 e. The molecule has 1 aromatic carbocycles. The molecule has 0 saturated heterocycles. The average molecular weight is 272 g/mol. The lowest BCUT2D eigenvalue weighted by Gasteiger charge is -2.09. The van der Waals surface area contributed by atoms with Crippen molar-refractivity contribution in [3.8, 4) is 11.3 Å². The van der Waals surface area contributed by atoms with Gasteiger partial charge in [-0.3, -0.25) is 14.8 Å². The summed E-state index contributed by atoms with van der Waals surface area (Å²) in [5, 5.41) is 15.6. The second-order valence-electron chi connectivity index (χ2n) is 5.27. The van der Waals surface area contributed by atoms with Gasteiger partial charge >= 0.3 is 0 Å². The number of aromatic nitrogens is 2. The number of nitrogens with zero attached hydrogens (tertiary/aromatic N) is 3. The van der Waals surface area contributed by atoms with E-state index in [0.29, 0.717) is 22.9 Å². The van der Waals surface area contributed by atoms with E-state index >= 15 is 0 Å². The molecular formula is C14H16N4O2. The Balaban J connectivity index is 2.04. The number of hydrogen-bond acceptors (Lipinski definition) is 4. The van der Waals surface area contributed by atoms with Crippen molar-refractivity contribution >= 4 is 11.4 Å². The van der Waals surface area contributed by atoms with Crippen molar-refractivity contribution < 1.29 is 4.92 Å². The van der Waals surface area contributed by atoms with Gasteiger partial charge in [0.1, 0.15) is 5.69 Å². The molecular weight excluding hydrogens is 256 g/mol. The highest BCUT2D eigenvalue weighted by molar-refractivity contribution is 5.78. The molecule has 1 aromatic heterocycles. The molecule has 1 atom stereocenters. The molecule has 1 saturated carbocycles. The van der Waals surface area contributed by atoms with Crippen molar-refractivity contribution in [1.29, 1.82) is 0 Å². The molecule has 0 amide bonds. The van der Waals surface area contributed by atoms with Crippen molar-refractivity contribution in [2.24, 2.45) is 5.92 Å². The Morgan fingerprint density at radius 1 is 1.45 bits per heavy atom. The number of hydrogen-bond donors (Lipinski definition) is 1. The van der Waals surface area contributed by atoms with E-state index in [1.807, 2.05) is 4.68 Å². The Kier molecular flexibility index (Phi) is 2.93. The zero-order valence-electron chi connectivity index (χ0n) is 11.2. The molecule has 2 N–H and O–H groups in total. The number of benzene rings is 1. The molecule has 6 heteroatoms. The van der Waals surface area contributed by atoms with Gasteiger partial charge in [0.15, 0.2) is 0 Å². The number of nitro benzene ring substituents is 1. The summed E-state index contributed by atoms with van der Waals surface area (Å²) in [4.78, 5) is 10.7. The van der Waals surface area contributed by atoms with Gasteiger partial charge in [0.05, 0.1) is 22.2 Å². The lowest BCUT2D eigenvalue weighted by Crippen LogP contribution is -2.07. The fourth-order valence-corrected chi connectivity index (χ4v) is 2.45. The third-order valence-corrected chi connectivity index (χ3v) is 3.84. The van der Waals surface area contributed by atoms with Gasteiger partial charge in [0.25, 0.3) is 5.69 Å². The number of nitrogens with two attached hydrogens (primary N) is 1. The molecule has 1 fully saturated rings. The van der Waals surface area contributed by atoms with Crippen LogP contribution in [0.5, 0.6) is 0 Å². The highest BCUT2D eigenvalue weighted by atomic mass is 16.6. The van der Waals surface area contributed by atoms with Crippen molar-refractivity contribution in [3.05, 3.63) is 40.6 Å². The predicted octanol–water partition coefficient (Wildman–Crippen LogP) is 3.01. The number of nitrogen functional groups attached to an aromatic ring is 1. The van der Waals surface area contributed by atoms with Crippen LogP contribution in [0.4, 0.5) is 11.4 Å². The molecule has 0 bridgehead atoms. The minimum Gasteiger partial charge on any atom is -0.396 e. The fraction of sp³-hybridized carbons (Fsp3) is 0.357. The lowest BCUT2D eigenvalue weighted by atomic mass is 10.1. The van der Waals surface area contributed by atoms with Gasteiger partial charge in [-0.25, -0.2) is 0 Å².